The van der Waals surface area contributed by atoms with Crippen molar-refractivity contribution in [1.29, 1.82) is 0 Å². The lowest BCUT2D eigenvalue weighted by atomic mass is 10.0. The number of benzene rings is 1. The van der Waals surface area contributed by atoms with E-state index in [1.54, 1.807) is 0 Å². The van der Waals surface area contributed by atoms with Gasteiger partial charge >= 0.3 is 0 Å². The summed E-state index contributed by atoms with van der Waals surface area (Å²) >= 11 is 0. The molecule has 1 aliphatic rings. The van der Waals surface area contributed by atoms with E-state index >= 15 is 0 Å². The Labute approximate surface area is 134 Å². The lowest BCUT2D eigenvalue weighted by molar-refractivity contribution is -0.122. The Bertz CT molecular complexity index is 487. The molecule has 1 amide bonds. The van der Waals surface area contributed by atoms with E-state index in [-0.39, 0.29) is 11.9 Å². The van der Waals surface area contributed by atoms with Crippen LogP contribution in [0.15, 0.2) is 24.3 Å². The van der Waals surface area contributed by atoms with Crippen molar-refractivity contribution in [1.82, 2.24) is 4.90 Å². The van der Waals surface area contributed by atoms with Crippen LogP contribution in [0.2, 0.25) is 0 Å². The summed E-state index contributed by atoms with van der Waals surface area (Å²) in [6.07, 6.45) is 4.43. The van der Waals surface area contributed by atoms with Gasteiger partial charge in [0.25, 0.3) is 0 Å². The van der Waals surface area contributed by atoms with Gasteiger partial charge in [0, 0.05) is 25.0 Å². The molecule has 1 aromatic rings. The molecule has 1 aromatic carbocycles. The van der Waals surface area contributed by atoms with E-state index < -0.39 is 0 Å². The number of rotatable bonds is 6. The molecule has 0 radical (unpaired) electrons. The van der Waals surface area contributed by atoms with E-state index in [1.807, 2.05) is 18.2 Å². The lowest BCUT2D eigenvalue weighted by Gasteiger charge is -2.34. The summed E-state index contributed by atoms with van der Waals surface area (Å²) in [6.45, 7) is 7.30. The van der Waals surface area contributed by atoms with E-state index in [4.69, 9.17) is 0 Å². The van der Waals surface area contributed by atoms with Gasteiger partial charge in [0.1, 0.15) is 0 Å². The van der Waals surface area contributed by atoms with Gasteiger partial charge in [0.05, 0.1) is 6.04 Å². The number of hydrogen-bond donors (Lipinski definition) is 1. The van der Waals surface area contributed by atoms with Crippen LogP contribution in [-0.4, -0.2) is 43.5 Å². The Hall–Kier alpha value is -1.55. The summed E-state index contributed by atoms with van der Waals surface area (Å²) in [5.41, 5.74) is 2.03. The van der Waals surface area contributed by atoms with Crippen molar-refractivity contribution in [2.75, 3.05) is 36.9 Å². The lowest BCUT2D eigenvalue weighted by Crippen LogP contribution is -2.47. The van der Waals surface area contributed by atoms with Crippen molar-refractivity contribution < 1.29 is 4.79 Å². The topological polar surface area (TPSA) is 35.6 Å². The Balaban J connectivity index is 2.04. The second-order valence-corrected chi connectivity index (χ2v) is 6.10. The zero-order valence-electron chi connectivity index (χ0n) is 14.1. The molecule has 22 heavy (non-hydrogen) atoms. The van der Waals surface area contributed by atoms with Crippen LogP contribution in [-0.2, 0) is 4.79 Å². The molecule has 0 bridgehead atoms. The Morgan fingerprint density at radius 2 is 2.18 bits per heavy atom. The molecular weight excluding hydrogens is 274 g/mol. The molecule has 4 nitrogen and oxygen atoms in total. The van der Waals surface area contributed by atoms with Gasteiger partial charge < -0.3 is 10.2 Å². The molecule has 1 atom stereocenters. The highest BCUT2D eigenvalue weighted by Crippen LogP contribution is 2.21. The highest BCUT2D eigenvalue weighted by Gasteiger charge is 2.27. The summed E-state index contributed by atoms with van der Waals surface area (Å²) in [5, 5.41) is 3.11. The average Bonchev–Trinajstić information content (AvgIpc) is 2.55. The van der Waals surface area contributed by atoms with Crippen molar-refractivity contribution in [3.8, 4) is 0 Å². The van der Waals surface area contributed by atoms with Gasteiger partial charge in [0.2, 0.25) is 5.91 Å². The first-order valence-electron chi connectivity index (χ1n) is 8.51. The molecule has 0 saturated carbocycles. The van der Waals surface area contributed by atoms with Gasteiger partial charge in [-0.25, -0.2) is 0 Å². The van der Waals surface area contributed by atoms with Crippen molar-refractivity contribution >= 4 is 17.3 Å². The van der Waals surface area contributed by atoms with Gasteiger partial charge in [-0.05, 0) is 57.5 Å². The molecule has 1 saturated heterocycles. The predicted molar refractivity (Wildman–Crippen MR) is 93.5 cm³/mol. The summed E-state index contributed by atoms with van der Waals surface area (Å²) in [5.74, 6) is 0.143. The van der Waals surface area contributed by atoms with E-state index in [1.165, 1.54) is 6.42 Å². The number of carbonyl (C=O) groups excluding carboxylic acids is 1. The third-order valence-electron chi connectivity index (χ3n) is 4.46. The SMILES string of the molecule is CCCN1CCCCC1C(=O)Nc1cccc(N(C)CC)c1. The van der Waals surface area contributed by atoms with Gasteiger partial charge in [-0.15, -0.1) is 0 Å². The molecule has 1 unspecified atom stereocenters. The number of likely N-dealkylation sites (tertiary alicyclic amines) is 1. The zero-order chi connectivity index (χ0) is 15.9. The molecule has 1 heterocycles. The molecule has 1 N–H and O–H groups in total. The molecule has 1 aliphatic heterocycles. The highest BCUT2D eigenvalue weighted by molar-refractivity contribution is 5.95. The largest absolute Gasteiger partial charge is 0.375 e. The number of nitrogens with zero attached hydrogens (tertiary/aromatic N) is 2. The maximum Gasteiger partial charge on any atom is 0.241 e. The maximum atomic E-state index is 12.6. The maximum absolute atomic E-state index is 12.6. The summed E-state index contributed by atoms with van der Waals surface area (Å²) in [4.78, 5) is 17.1. The van der Waals surface area contributed by atoms with Gasteiger partial charge in [-0.1, -0.05) is 19.4 Å². The predicted octanol–water partition coefficient (Wildman–Crippen LogP) is 3.35. The minimum Gasteiger partial charge on any atom is -0.375 e. The van der Waals surface area contributed by atoms with Crippen molar-refractivity contribution in [3.05, 3.63) is 24.3 Å². The number of nitrogens with one attached hydrogen (secondary N) is 1. The molecule has 2 rings (SSSR count). The third-order valence-corrected chi connectivity index (χ3v) is 4.46. The summed E-state index contributed by atoms with van der Waals surface area (Å²) in [6, 6.07) is 8.12. The molecule has 1 fully saturated rings. The number of amides is 1. The van der Waals surface area contributed by atoms with E-state index in [0.717, 1.165) is 50.3 Å². The number of piperidine rings is 1. The fourth-order valence-electron chi connectivity index (χ4n) is 3.07. The Kier molecular flexibility index (Phi) is 6.25. The quantitative estimate of drug-likeness (QED) is 0.875. The third kappa shape index (κ3) is 4.23. The van der Waals surface area contributed by atoms with Gasteiger partial charge in [0.15, 0.2) is 0 Å². The first-order chi connectivity index (χ1) is 10.7. The van der Waals surface area contributed by atoms with Crippen molar-refractivity contribution in [2.45, 2.75) is 45.6 Å². The summed E-state index contributed by atoms with van der Waals surface area (Å²) < 4.78 is 0. The first-order valence-corrected chi connectivity index (χ1v) is 8.51. The number of carbonyl (C=O) groups is 1. The molecular formula is C18H29N3O. The van der Waals surface area contributed by atoms with Crippen molar-refractivity contribution in [3.63, 3.8) is 0 Å². The summed E-state index contributed by atoms with van der Waals surface area (Å²) in [7, 11) is 2.06. The standard InChI is InChI=1S/C18H29N3O/c1-4-12-21-13-7-6-11-17(21)18(22)19-15-9-8-10-16(14-15)20(3)5-2/h8-10,14,17H,4-7,11-13H2,1-3H3,(H,19,22). The molecule has 4 heteroatoms. The Morgan fingerprint density at radius 1 is 1.36 bits per heavy atom. The van der Waals surface area contributed by atoms with Crippen LogP contribution in [0.1, 0.15) is 39.5 Å². The zero-order valence-corrected chi connectivity index (χ0v) is 14.1. The van der Waals surface area contributed by atoms with Crippen molar-refractivity contribution in [2.24, 2.45) is 0 Å². The second-order valence-electron chi connectivity index (χ2n) is 6.10. The number of hydrogen-bond acceptors (Lipinski definition) is 3. The minimum absolute atomic E-state index is 0.0289. The van der Waals surface area contributed by atoms with Crippen LogP contribution in [0.3, 0.4) is 0 Å². The first kappa shape index (κ1) is 16.8. The number of anilines is 2. The minimum atomic E-state index is 0.0289. The van der Waals surface area contributed by atoms with Crippen LogP contribution < -0.4 is 10.2 Å². The molecule has 0 spiro atoms. The van der Waals surface area contributed by atoms with Crippen LogP contribution in [0, 0.1) is 0 Å². The van der Waals surface area contributed by atoms with Crippen LogP contribution >= 0.6 is 0 Å². The highest BCUT2D eigenvalue weighted by atomic mass is 16.2. The fraction of sp³-hybridized carbons (Fsp3) is 0.611. The second kappa shape index (κ2) is 8.18. The Morgan fingerprint density at radius 3 is 2.91 bits per heavy atom. The van der Waals surface area contributed by atoms with E-state index in [0.29, 0.717) is 0 Å². The van der Waals surface area contributed by atoms with E-state index in [2.05, 4.69) is 42.1 Å². The fourth-order valence-corrected chi connectivity index (χ4v) is 3.07. The molecule has 122 valence electrons. The smallest absolute Gasteiger partial charge is 0.241 e. The van der Waals surface area contributed by atoms with Gasteiger partial charge in [-0.2, -0.15) is 0 Å². The normalized spacial score (nSPS) is 19.0. The van der Waals surface area contributed by atoms with Gasteiger partial charge in [-0.3, -0.25) is 9.69 Å². The van der Waals surface area contributed by atoms with E-state index in [9.17, 15) is 4.79 Å². The van der Waals surface area contributed by atoms with Crippen LogP contribution in [0.25, 0.3) is 0 Å². The molecule has 0 aliphatic carbocycles. The average molecular weight is 303 g/mol. The van der Waals surface area contributed by atoms with Crippen LogP contribution in [0.5, 0.6) is 0 Å². The molecule has 0 aromatic heterocycles. The monoisotopic (exact) mass is 303 g/mol. The van der Waals surface area contributed by atoms with Crippen LogP contribution in [0.4, 0.5) is 11.4 Å².